The lowest BCUT2D eigenvalue weighted by molar-refractivity contribution is -0.121. The Hall–Kier alpha value is -1.14. The van der Waals surface area contributed by atoms with Crippen LogP contribution < -0.4 is 5.32 Å². The molecule has 5 nitrogen and oxygen atoms in total. The summed E-state index contributed by atoms with van der Waals surface area (Å²) < 4.78 is 5.25. The Kier molecular flexibility index (Phi) is 7.32. The molecule has 1 aromatic carbocycles. The van der Waals surface area contributed by atoms with E-state index in [-0.39, 0.29) is 5.91 Å². The molecule has 0 spiro atoms. The average Bonchev–Trinajstić information content (AvgIpc) is 2.95. The average molecular weight is 380 g/mol. The number of nitrogens with one attached hydrogen (secondary N) is 1. The first kappa shape index (κ1) is 19.6. The van der Waals surface area contributed by atoms with Gasteiger partial charge in [0.05, 0.1) is 6.61 Å². The number of carbonyl (C=O) groups is 1. The summed E-state index contributed by atoms with van der Waals surface area (Å²) in [6, 6.07) is 8.25. The van der Waals surface area contributed by atoms with Gasteiger partial charge < -0.3 is 15.0 Å². The van der Waals surface area contributed by atoms with E-state index in [0.29, 0.717) is 24.0 Å². The Balaban J connectivity index is 1.43. The molecule has 26 heavy (non-hydrogen) atoms. The van der Waals surface area contributed by atoms with Gasteiger partial charge in [-0.2, -0.15) is 0 Å². The number of nitrogens with zero attached hydrogens (tertiary/aromatic N) is 2. The van der Waals surface area contributed by atoms with E-state index < -0.39 is 0 Å². The van der Waals surface area contributed by atoms with E-state index in [1.54, 1.807) is 7.11 Å². The van der Waals surface area contributed by atoms with E-state index in [1.807, 2.05) is 24.3 Å². The summed E-state index contributed by atoms with van der Waals surface area (Å²) >= 11 is 6.14. The normalized spacial score (nSPS) is 23.8. The van der Waals surface area contributed by atoms with Gasteiger partial charge in [0.2, 0.25) is 5.91 Å². The van der Waals surface area contributed by atoms with E-state index in [2.05, 4.69) is 15.1 Å². The van der Waals surface area contributed by atoms with Gasteiger partial charge in [0, 0.05) is 63.9 Å². The molecular formula is C20H30ClN3O2. The summed E-state index contributed by atoms with van der Waals surface area (Å²) in [5.74, 6) is 0.814. The van der Waals surface area contributed by atoms with Crippen molar-refractivity contribution < 1.29 is 9.53 Å². The van der Waals surface area contributed by atoms with Crippen molar-refractivity contribution in [2.45, 2.75) is 31.8 Å². The Morgan fingerprint density at radius 2 is 2.08 bits per heavy atom. The lowest BCUT2D eigenvalue weighted by atomic mass is 9.95. The summed E-state index contributed by atoms with van der Waals surface area (Å²) in [6.45, 7) is 6.49. The molecule has 6 heteroatoms. The van der Waals surface area contributed by atoms with Crippen LogP contribution in [-0.2, 0) is 16.1 Å². The summed E-state index contributed by atoms with van der Waals surface area (Å²) in [5.41, 5.74) is 0.962. The molecular weight excluding hydrogens is 350 g/mol. The number of carbonyl (C=O) groups excluding carboxylic acids is 1. The number of halogens is 1. The van der Waals surface area contributed by atoms with Gasteiger partial charge in [-0.05, 0) is 30.4 Å². The van der Waals surface area contributed by atoms with Gasteiger partial charge in [-0.3, -0.25) is 9.69 Å². The SMILES string of the molecule is COCCN1C[C@@H]2CC[C@H]1CN(CCC(=O)NCc1ccccc1Cl)C2. The van der Waals surface area contributed by atoms with Crippen LogP contribution in [0.4, 0.5) is 0 Å². The first-order valence-corrected chi connectivity index (χ1v) is 9.99. The molecule has 4 rings (SSSR count). The van der Waals surface area contributed by atoms with Crippen molar-refractivity contribution in [3.8, 4) is 0 Å². The minimum absolute atomic E-state index is 0.0951. The van der Waals surface area contributed by atoms with E-state index in [9.17, 15) is 4.79 Å². The van der Waals surface area contributed by atoms with Gasteiger partial charge in [0.15, 0.2) is 0 Å². The van der Waals surface area contributed by atoms with Crippen molar-refractivity contribution >= 4 is 17.5 Å². The quantitative estimate of drug-likeness (QED) is 0.753. The number of ether oxygens (including phenoxy) is 1. The number of amides is 1. The predicted molar refractivity (Wildman–Crippen MR) is 104 cm³/mol. The summed E-state index contributed by atoms with van der Waals surface area (Å²) in [7, 11) is 1.77. The number of piperidine rings is 1. The van der Waals surface area contributed by atoms with Gasteiger partial charge in [-0.1, -0.05) is 29.8 Å². The van der Waals surface area contributed by atoms with E-state index in [0.717, 1.165) is 44.3 Å². The first-order chi connectivity index (χ1) is 12.7. The molecule has 3 heterocycles. The van der Waals surface area contributed by atoms with Crippen LogP contribution in [0.5, 0.6) is 0 Å². The zero-order valence-corrected chi connectivity index (χ0v) is 16.4. The molecule has 0 aromatic heterocycles. The molecule has 1 amide bonds. The predicted octanol–water partition coefficient (Wildman–Crippen LogP) is 2.39. The van der Waals surface area contributed by atoms with Crippen LogP contribution in [0.15, 0.2) is 24.3 Å². The highest BCUT2D eigenvalue weighted by Gasteiger charge is 2.34. The van der Waals surface area contributed by atoms with Crippen molar-refractivity contribution in [3.63, 3.8) is 0 Å². The Morgan fingerprint density at radius 3 is 2.88 bits per heavy atom. The third kappa shape index (κ3) is 5.43. The minimum atomic E-state index is 0.0951. The van der Waals surface area contributed by atoms with Crippen molar-refractivity contribution in [2.75, 3.05) is 46.4 Å². The number of rotatable bonds is 8. The molecule has 1 N–H and O–H groups in total. The highest BCUT2D eigenvalue weighted by atomic mass is 35.5. The third-order valence-corrected chi connectivity index (χ3v) is 5.94. The summed E-state index contributed by atoms with van der Waals surface area (Å²) in [4.78, 5) is 17.3. The molecule has 3 aliphatic rings. The molecule has 1 aromatic rings. The molecule has 0 radical (unpaired) electrons. The lowest BCUT2D eigenvalue weighted by Crippen LogP contribution is -2.45. The highest BCUT2D eigenvalue weighted by Crippen LogP contribution is 2.27. The van der Waals surface area contributed by atoms with Crippen molar-refractivity contribution in [2.24, 2.45) is 5.92 Å². The van der Waals surface area contributed by atoms with Gasteiger partial charge >= 0.3 is 0 Å². The van der Waals surface area contributed by atoms with Crippen LogP contribution in [0, 0.1) is 5.92 Å². The van der Waals surface area contributed by atoms with Crippen LogP contribution in [0.2, 0.25) is 5.02 Å². The van der Waals surface area contributed by atoms with Crippen LogP contribution in [0.25, 0.3) is 0 Å². The van der Waals surface area contributed by atoms with Crippen LogP contribution in [-0.4, -0.2) is 68.2 Å². The van der Waals surface area contributed by atoms with Crippen molar-refractivity contribution in [1.29, 1.82) is 0 Å². The maximum atomic E-state index is 12.2. The summed E-state index contributed by atoms with van der Waals surface area (Å²) in [6.07, 6.45) is 3.12. The second-order valence-corrected chi connectivity index (χ2v) is 7.87. The number of hydrogen-bond acceptors (Lipinski definition) is 4. The summed E-state index contributed by atoms with van der Waals surface area (Å²) in [5, 5.41) is 3.69. The van der Waals surface area contributed by atoms with Crippen LogP contribution in [0.1, 0.15) is 24.8 Å². The molecule has 0 aliphatic carbocycles. The molecule has 0 unspecified atom stereocenters. The fourth-order valence-electron chi connectivity index (χ4n) is 4.12. The molecule has 3 aliphatic heterocycles. The monoisotopic (exact) mass is 379 g/mol. The number of benzene rings is 1. The van der Waals surface area contributed by atoms with Gasteiger partial charge in [-0.25, -0.2) is 0 Å². The highest BCUT2D eigenvalue weighted by molar-refractivity contribution is 6.31. The molecule has 3 saturated heterocycles. The maximum absolute atomic E-state index is 12.2. The van der Waals surface area contributed by atoms with Crippen molar-refractivity contribution in [3.05, 3.63) is 34.9 Å². The van der Waals surface area contributed by atoms with E-state index in [4.69, 9.17) is 16.3 Å². The zero-order chi connectivity index (χ0) is 18.4. The zero-order valence-electron chi connectivity index (χ0n) is 15.6. The lowest BCUT2D eigenvalue weighted by Gasteiger charge is -2.35. The first-order valence-electron chi connectivity index (χ1n) is 9.61. The Bertz CT molecular complexity index is 598. The van der Waals surface area contributed by atoms with Gasteiger partial charge in [-0.15, -0.1) is 0 Å². The molecule has 2 atom stereocenters. The van der Waals surface area contributed by atoms with Crippen LogP contribution >= 0.6 is 11.6 Å². The van der Waals surface area contributed by atoms with E-state index >= 15 is 0 Å². The fourth-order valence-corrected chi connectivity index (χ4v) is 4.33. The maximum Gasteiger partial charge on any atom is 0.221 e. The minimum Gasteiger partial charge on any atom is -0.383 e. The van der Waals surface area contributed by atoms with Crippen LogP contribution in [0.3, 0.4) is 0 Å². The smallest absolute Gasteiger partial charge is 0.221 e. The number of fused-ring (bicyclic) bond motifs is 4. The number of methoxy groups -OCH3 is 1. The molecule has 0 saturated carbocycles. The Labute approximate surface area is 161 Å². The molecule has 3 fully saturated rings. The second-order valence-electron chi connectivity index (χ2n) is 7.46. The third-order valence-electron chi connectivity index (χ3n) is 5.57. The molecule has 2 bridgehead atoms. The largest absolute Gasteiger partial charge is 0.383 e. The van der Waals surface area contributed by atoms with Gasteiger partial charge in [0.1, 0.15) is 0 Å². The Morgan fingerprint density at radius 1 is 1.23 bits per heavy atom. The standard InChI is InChI=1S/C20H30ClN3O2/c1-26-11-10-24-14-16-6-7-18(24)15-23(13-16)9-8-20(25)22-12-17-4-2-3-5-19(17)21/h2-5,16,18H,6-15H2,1H3,(H,22,25)/t16-,18+/m1/s1. The second kappa shape index (κ2) is 9.70. The van der Waals surface area contributed by atoms with Crippen molar-refractivity contribution in [1.82, 2.24) is 15.1 Å². The number of hydrogen-bond donors (Lipinski definition) is 1. The molecule has 144 valence electrons. The topological polar surface area (TPSA) is 44.8 Å². The van der Waals surface area contributed by atoms with E-state index in [1.165, 1.54) is 19.4 Å². The fraction of sp³-hybridized carbons (Fsp3) is 0.650. The van der Waals surface area contributed by atoms with Gasteiger partial charge in [0.25, 0.3) is 0 Å².